The summed E-state index contributed by atoms with van der Waals surface area (Å²) in [6.45, 7) is 0.571. The molecule has 4 amide bonds. The van der Waals surface area contributed by atoms with Crippen molar-refractivity contribution in [2.45, 2.75) is 56.5 Å². The number of ether oxygens (including phenoxy) is 1. The molecule has 1 atom stereocenters. The minimum absolute atomic E-state index is 0.0966. The maximum absolute atomic E-state index is 12.4. The Balaban J connectivity index is 1.48. The van der Waals surface area contributed by atoms with Gasteiger partial charge in [0.2, 0.25) is 0 Å². The van der Waals surface area contributed by atoms with E-state index in [1.165, 1.54) is 0 Å². The summed E-state index contributed by atoms with van der Waals surface area (Å²) in [5.74, 6) is -1.76. The normalized spacial score (nSPS) is 27.0. The van der Waals surface area contributed by atoms with E-state index in [-0.39, 0.29) is 5.92 Å². The van der Waals surface area contributed by atoms with Crippen LogP contribution in [0, 0.1) is 17.2 Å². The Bertz CT molecular complexity index is 690. The summed E-state index contributed by atoms with van der Waals surface area (Å²) < 4.78 is 4.87. The number of amides is 4. The van der Waals surface area contributed by atoms with Crippen molar-refractivity contribution >= 4 is 23.8 Å². The van der Waals surface area contributed by atoms with Crippen LogP contribution in [0.2, 0.25) is 0 Å². The standard InChI is InChI=1S/C17H22N4O5/c1-16(11-4-5-11)14(24)21(15(25)20-16)8-13(23)26-9-12(22)19-17(10-18)6-2-3-7-17/h11H,2-9H2,1H3,(H,19,22)(H,20,25)/t16-/m0/s1. The second-order valence-electron chi connectivity index (χ2n) is 7.41. The van der Waals surface area contributed by atoms with E-state index in [2.05, 4.69) is 16.7 Å². The molecule has 3 fully saturated rings. The summed E-state index contributed by atoms with van der Waals surface area (Å²) in [7, 11) is 0. The van der Waals surface area contributed by atoms with Gasteiger partial charge in [-0.15, -0.1) is 0 Å². The van der Waals surface area contributed by atoms with E-state index in [0.29, 0.717) is 12.8 Å². The smallest absolute Gasteiger partial charge is 0.326 e. The Morgan fingerprint density at radius 1 is 1.35 bits per heavy atom. The summed E-state index contributed by atoms with van der Waals surface area (Å²) in [5.41, 5.74) is -1.85. The van der Waals surface area contributed by atoms with Crippen molar-refractivity contribution in [2.24, 2.45) is 5.92 Å². The highest BCUT2D eigenvalue weighted by Crippen LogP contribution is 2.42. The average Bonchev–Trinajstić information content (AvgIpc) is 3.33. The molecule has 1 aliphatic heterocycles. The van der Waals surface area contributed by atoms with Crippen molar-refractivity contribution < 1.29 is 23.9 Å². The third-order valence-electron chi connectivity index (χ3n) is 5.40. The van der Waals surface area contributed by atoms with Crippen LogP contribution in [0.3, 0.4) is 0 Å². The van der Waals surface area contributed by atoms with E-state index in [0.717, 1.165) is 30.6 Å². The van der Waals surface area contributed by atoms with Crippen LogP contribution in [0.1, 0.15) is 45.4 Å². The number of esters is 1. The van der Waals surface area contributed by atoms with Crippen LogP contribution in [-0.4, -0.2) is 52.9 Å². The second-order valence-corrected chi connectivity index (χ2v) is 7.41. The summed E-state index contributed by atoms with van der Waals surface area (Å²) in [6.07, 6.45) is 4.60. The Morgan fingerprint density at radius 2 is 2.00 bits per heavy atom. The maximum atomic E-state index is 12.4. The van der Waals surface area contributed by atoms with Gasteiger partial charge in [-0.25, -0.2) is 4.79 Å². The molecule has 2 saturated carbocycles. The molecule has 0 aromatic carbocycles. The summed E-state index contributed by atoms with van der Waals surface area (Å²) >= 11 is 0. The number of hydrogen-bond acceptors (Lipinski definition) is 6. The van der Waals surface area contributed by atoms with Crippen molar-refractivity contribution in [1.82, 2.24) is 15.5 Å². The predicted octanol–water partition coefficient (Wildman–Crippen LogP) is 0.203. The summed E-state index contributed by atoms with van der Waals surface area (Å²) in [4.78, 5) is 49.1. The third kappa shape index (κ3) is 3.36. The van der Waals surface area contributed by atoms with Crippen molar-refractivity contribution in [3.8, 4) is 6.07 Å². The van der Waals surface area contributed by atoms with Gasteiger partial charge in [-0.3, -0.25) is 19.3 Å². The Morgan fingerprint density at radius 3 is 2.58 bits per heavy atom. The van der Waals surface area contributed by atoms with Gasteiger partial charge < -0.3 is 15.4 Å². The lowest BCUT2D eigenvalue weighted by Gasteiger charge is -2.22. The van der Waals surface area contributed by atoms with E-state index in [9.17, 15) is 24.4 Å². The molecule has 3 rings (SSSR count). The van der Waals surface area contributed by atoms with Gasteiger partial charge in [-0.05, 0) is 51.4 Å². The first-order valence-electron chi connectivity index (χ1n) is 8.82. The molecular formula is C17H22N4O5. The van der Waals surface area contributed by atoms with Crippen molar-refractivity contribution in [3.63, 3.8) is 0 Å². The van der Waals surface area contributed by atoms with Gasteiger partial charge in [0.05, 0.1) is 6.07 Å². The zero-order chi connectivity index (χ0) is 18.9. The van der Waals surface area contributed by atoms with Crippen LogP contribution in [-0.2, 0) is 19.1 Å². The first-order chi connectivity index (χ1) is 12.3. The molecule has 9 nitrogen and oxygen atoms in total. The zero-order valence-corrected chi connectivity index (χ0v) is 14.7. The molecule has 9 heteroatoms. The van der Waals surface area contributed by atoms with Crippen LogP contribution in [0.25, 0.3) is 0 Å². The number of rotatable bonds is 6. The van der Waals surface area contributed by atoms with Crippen LogP contribution >= 0.6 is 0 Å². The van der Waals surface area contributed by atoms with Gasteiger partial charge >= 0.3 is 12.0 Å². The number of carbonyl (C=O) groups excluding carboxylic acids is 4. The first kappa shape index (κ1) is 18.2. The van der Waals surface area contributed by atoms with Gasteiger partial charge in [0.15, 0.2) is 6.61 Å². The Hall–Kier alpha value is -2.63. The van der Waals surface area contributed by atoms with E-state index < -0.39 is 48.0 Å². The fourth-order valence-electron chi connectivity index (χ4n) is 3.66. The molecule has 3 aliphatic rings. The molecular weight excluding hydrogens is 340 g/mol. The quantitative estimate of drug-likeness (QED) is 0.513. The number of imide groups is 1. The number of nitriles is 1. The number of urea groups is 1. The van der Waals surface area contributed by atoms with E-state index in [1.54, 1.807) is 6.92 Å². The second kappa shape index (κ2) is 6.59. The SMILES string of the molecule is C[C@@]1(C2CC2)NC(=O)N(CC(=O)OCC(=O)NC2(C#N)CCCC2)C1=O. The highest BCUT2D eigenvalue weighted by molar-refractivity contribution is 6.08. The lowest BCUT2D eigenvalue weighted by atomic mass is 9.96. The molecule has 2 N–H and O–H groups in total. The molecule has 140 valence electrons. The third-order valence-corrected chi connectivity index (χ3v) is 5.40. The molecule has 0 spiro atoms. The Labute approximate surface area is 151 Å². The van der Waals surface area contributed by atoms with Crippen LogP contribution in [0.4, 0.5) is 4.79 Å². The molecule has 1 heterocycles. The molecule has 2 aliphatic carbocycles. The number of hydrogen-bond donors (Lipinski definition) is 2. The molecule has 1 saturated heterocycles. The van der Waals surface area contributed by atoms with E-state index >= 15 is 0 Å². The predicted molar refractivity (Wildman–Crippen MR) is 87.3 cm³/mol. The number of nitrogens with zero attached hydrogens (tertiary/aromatic N) is 2. The highest BCUT2D eigenvalue weighted by atomic mass is 16.5. The maximum Gasteiger partial charge on any atom is 0.326 e. The van der Waals surface area contributed by atoms with Crippen molar-refractivity contribution in [3.05, 3.63) is 0 Å². The highest BCUT2D eigenvalue weighted by Gasteiger charge is 2.56. The monoisotopic (exact) mass is 362 g/mol. The summed E-state index contributed by atoms with van der Waals surface area (Å²) in [6, 6.07) is 1.49. The molecule has 26 heavy (non-hydrogen) atoms. The van der Waals surface area contributed by atoms with Crippen molar-refractivity contribution in [1.29, 1.82) is 5.26 Å². The lowest BCUT2D eigenvalue weighted by molar-refractivity contribution is -0.151. The van der Waals surface area contributed by atoms with Crippen LogP contribution in [0.15, 0.2) is 0 Å². The molecule has 0 aromatic heterocycles. The van der Waals surface area contributed by atoms with Gasteiger partial charge in [0, 0.05) is 0 Å². The number of nitrogens with one attached hydrogen (secondary N) is 2. The molecule has 0 bridgehead atoms. The minimum atomic E-state index is -0.962. The van der Waals surface area contributed by atoms with Gasteiger partial charge in [0.25, 0.3) is 11.8 Å². The van der Waals surface area contributed by atoms with Gasteiger partial charge in [0.1, 0.15) is 17.6 Å². The first-order valence-corrected chi connectivity index (χ1v) is 8.82. The Kier molecular flexibility index (Phi) is 4.61. The fraction of sp³-hybridized carbons (Fsp3) is 0.706. The summed E-state index contributed by atoms with van der Waals surface area (Å²) in [5, 5.41) is 14.5. The molecule has 0 unspecified atom stereocenters. The van der Waals surface area contributed by atoms with Gasteiger partial charge in [-0.1, -0.05) is 0 Å². The molecule has 0 radical (unpaired) electrons. The van der Waals surface area contributed by atoms with E-state index in [4.69, 9.17) is 4.74 Å². The van der Waals surface area contributed by atoms with Gasteiger partial charge in [-0.2, -0.15) is 5.26 Å². The fourth-order valence-corrected chi connectivity index (χ4v) is 3.66. The average molecular weight is 362 g/mol. The van der Waals surface area contributed by atoms with E-state index in [1.807, 2.05) is 0 Å². The molecule has 0 aromatic rings. The minimum Gasteiger partial charge on any atom is -0.454 e. The van der Waals surface area contributed by atoms with Crippen molar-refractivity contribution in [2.75, 3.05) is 13.2 Å². The van der Waals surface area contributed by atoms with Crippen LogP contribution in [0.5, 0.6) is 0 Å². The lowest BCUT2D eigenvalue weighted by Crippen LogP contribution is -2.47. The van der Waals surface area contributed by atoms with Crippen LogP contribution < -0.4 is 10.6 Å². The topological polar surface area (TPSA) is 129 Å². The largest absolute Gasteiger partial charge is 0.454 e. The zero-order valence-electron chi connectivity index (χ0n) is 14.7. The number of carbonyl (C=O) groups is 4.